The summed E-state index contributed by atoms with van der Waals surface area (Å²) < 4.78 is 0.975. The van der Waals surface area contributed by atoms with Gasteiger partial charge in [-0.15, -0.1) is 0 Å². The number of hydrogen-bond donors (Lipinski definition) is 2. The molecule has 2 aliphatic rings. The Kier molecular flexibility index (Phi) is 1.50. The zero-order valence-electron chi connectivity index (χ0n) is 7.17. The van der Waals surface area contributed by atoms with Crippen LogP contribution < -0.4 is 10.6 Å². The maximum Gasteiger partial charge on any atom is 0.251 e. The molecule has 1 amide bonds. The van der Waals surface area contributed by atoms with Crippen molar-refractivity contribution in [2.24, 2.45) is 0 Å². The summed E-state index contributed by atoms with van der Waals surface area (Å²) in [7, 11) is 0. The molecule has 4 heteroatoms. The lowest BCUT2D eigenvalue weighted by atomic mass is 9.89. The first kappa shape index (κ1) is 8.05. The second-order valence-electron chi connectivity index (χ2n) is 3.38. The Morgan fingerprint density at radius 3 is 2.93 bits per heavy atom. The molecule has 1 aromatic rings. The molecule has 70 valence electrons. The van der Waals surface area contributed by atoms with Gasteiger partial charge in [-0.2, -0.15) is 0 Å². The van der Waals surface area contributed by atoms with Crippen LogP contribution in [0.15, 0.2) is 28.9 Å². The van der Waals surface area contributed by atoms with E-state index < -0.39 is 0 Å². The van der Waals surface area contributed by atoms with Gasteiger partial charge in [-0.25, -0.2) is 0 Å². The summed E-state index contributed by atoms with van der Waals surface area (Å²) in [6, 6.07) is 5.76. The van der Waals surface area contributed by atoms with Crippen LogP contribution in [-0.2, 0) is 4.79 Å². The first-order chi connectivity index (χ1) is 6.75. The Labute approximate surface area is 89.3 Å². The number of rotatable bonds is 0. The van der Waals surface area contributed by atoms with E-state index in [1.54, 1.807) is 0 Å². The van der Waals surface area contributed by atoms with Crippen LogP contribution in [0.3, 0.4) is 0 Å². The monoisotopic (exact) mass is 250 g/mol. The lowest BCUT2D eigenvalue weighted by Gasteiger charge is -2.34. The molecule has 0 radical (unpaired) electrons. The quantitative estimate of drug-likeness (QED) is 0.737. The molecule has 0 saturated carbocycles. The van der Waals surface area contributed by atoms with E-state index in [-0.39, 0.29) is 11.9 Å². The number of nitrogens with one attached hydrogen (secondary N) is 2. The number of benzene rings is 1. The fourth-order valence-corrected chi connectivity index (χ4v) is 2.14. The van der Waals surface area contributed by atoms with Gasteiger partial charge in [-0.3, -0.25) is 4.79 Å². The SMILES string of the molecule is O=C1Nc2cc(Br)ccc2C2=CNC12. The summed E-state index contributed by atoms with van der Waals surface area (Å²) in [6.45, 7) is 0. The van der Waals surface area contributed by atoms with Gasteiger partial charge in [0.25, 0.3) is 5.91 Å². The molecule has 3 nitrogen and oxygen atoms in total. The van der Waals surface area contributed by atoms with Gasteiger partial charge in [-0.1, -0.05) is 22.0 Å². The third kappa shape index (κ3) is 0.944. The summed E-state index contributed by atoms with van der Waals surface area (Å²) >= 11 is 3.38. The van der Waals surface area contributed by atoms with Crippen LogP contribution in [0.5, 0.6) is 0 Å². The fraction of sp³-hybridized carbons (Fsp3) is 0.100. The number of hydrogen-bond acceptors (Lipinski definition) is 2. The van der Waals surface area contributed by atoms with E-state index in [0.29, 0.717) is 0 Å². The van der Waals surface area contributed by atoms with Crippen LogP contribution in [0.25, 0.3) is 5.57 Å². The number of halogens is 1. The van der Waals surface area contributed by atoms with E-state index in [0.717, 1.165) is 21.3 Å². The number of carbonyl (C=O) groups is 1. The van der Waals surface area contributed by atoms with Crippen LogP contribution in [-0.4, -0.2) is 11.9 Å². The van der Waals surface area contributed by atoms with Gasteiger partial charge >= 0.3 is 0 Å². The van der Waals surface area contributed by atoms with Crippen LogP contribution in [0.1, 0.15) is 5.56 Å². The number of fused-ring (bicyclic) bond motifs is 3. The summed E-state index contributed by atoms with van der Waals surface area (Å²) in [5.41, 5.74) is 3.07. The van der Waals surface area contributed by atoms with Gasteiger partial charge in [0.15, 0.2) is 0 Å². The first-order valence-corrected chi connectivity index (χ1v) is 5.12. The summed E-state index contributed by atoms with van der Waals surface area (Å²) in [5.74, 6) is 0.0214. The number of amides is 1. The van der Waals surface area contributed by atoms with E-state index >= 15 is 0 Å². The molecule has 0 aromatic heterocycles. The van der Waals surface area contributed by atoms with E-state index in [1.165, 1.54) is 0 Å². The van der Waals surface area contributed by atoms with E-state index in [1.807, 2.05) is 24.4 Å². The molecule has 1 atom stereocenters. The third-order valence-electron chi connectivity index (χ3n) is 2.53. The van der Waals surface area contributed by atoms with Gasteiger partial charge in [0.2, 0.25) is 0 Å². The number of carbonyl (C=O) groups excluding carboxylic acids is 1. The Hall–Kier alpha value is -1.29. The second-order valence-corrected chi connectivity index (χ2v) is 4.29. The topological polar surface area (TPSA) is 41.1 Å². The molecule has 1 unspecified atom stereocenters. The van der Waals surface area contributed by atoms with Crippen LogP contribution in [0.2, 0.25) is 0 Å². The lowest BCUT2D eigenvalue weighted by molar-refractivity contribution is -0.117. The molecule has 14 heavy (non-hydrogen) atoms. The second kappa shape index (κ2) is 2.60. The normalized spacial score (nSPS) is 22.2. The Morgan fingerprint density at radius 1 is 1.36 bits per heavy atom. The van der Waals surface area contributed by atoms with Gasteiger partial charge < -0.3 is 10.6 Å². The molecule has 0 spiro atoms. The number of anilines is 1. The lowest BCUT2D eigenvalue weighted by Crippen LogP contribution is -2.48. The van der Waals surface area contributed by atoms with Crippen molar-refractivity contribution in [3.63, 3.8) is 0 Å². The predicted octanol–water partition coefficient (Wildman–Crippen LogP) is 1.71. The summed E-state index contributed by atoms with van der Waals surface area (Å²) in [5, 5.41) is 5.83. The van der Waals surface area contributed by atoms with Crippen molar-refractivity contribution >= 4 is 33.1 Å². The molecule has 0 fully saturated rings. The van der Waals surface area contributed by atoms with Crippen molar-refractivity contribution in [3.8, 4) is 0 Å². The van der Waals surface area contributed by atoms with Gasteiger partial charge in [0.05, 0.1) is 0 Å². The Balaban J connectivity index is 2.20. The molecule has 3 rings (SSSR count). The third-order valence-corrected chi connectivity index (χ3v) is 3.02. The molecule has 1 aromatic carbocycles. The van der Waals surface area contributed by atoms with E-state index in [9.17, 15) is 4.79 Å². The van der Waals surface area contributed by atoms with Crippen molar-refractivity contribution in [1.29, 1.82) is 0 Å². The maximum absolute atomic E-state index is 11.5. The van der Waals surface area contributed by atoms with Crippen molar-refractivity contribution in [2.75, 3.05) is 5.32 Å². The molecule has 2 heterocycles. The standard InChI is InChI=1S/C10H7BrN2O/c11-5-1-2-6-7-4-12-9(7)10(14)13-8(6)3-5/h1-4,9,12H,(H,13,14). The highest BCUT2D eigenvalue weighted by Gasteiger charge is 2.34. The summed E-state index contributed by atoms with van der Waals surface area (Å²) in [6.07, 6.45) is 1.89. The van der Waals surface area contributed by atoms with Gasteiger partial charge in [0.1, 0.15) is 6.04 Å². The predicted molar refractivity (Wildman–Crippen MR) is 57.7 cm³/mol. The Bertz CT molecular complexity index is 467. The largest absolute Gasteiger partial charge is 0.376 e. The Morgan fingerprint density at radius 2 is 2.21 bits per heavy atom. The van der Waals surface area contributed by atoms with Crippen LogP contribution in [0.4, 0.5) is 5.69 Å². The van der Waals surface area contributed by atoms with E-state index in [2.05, 4.69) is 26.6 Å². The van der Waals surface area contributed by atoms with Crippen LogP contribution in [0, 0.1) is 0 Å². The van der Waals surface area contributed by atoms with Crippen molar-refractivity contribution < 1.29 is 4.79 Å². The molecule has 2 N–H and O–H groups in total. The molecular formula is C10H7BrN2O. The highest BCUT2D eigenvalue weighted by molar-refractivity contribution is 9.10. The molecule has 0 bridgehead atoms. The van der Waals surface area contributed by atoms with Crippen molar-refractivity contribution in [1.82, 2.24) is 5.32 Å². The van der Waals surface area contributed by atoms with Crippen molar-refractivity contribution in [2.45, 2.75) is 6.04 Å². The average Bonchev–Trinajstić information content (AvgIpc) is 2.05. The van der Waals surface area contributed by atoms with Crippen molar-refractivity contribution in [3.05, 3.63) is 34.4 Å². The van der Waals surface area contributed by atoms with Gasteiger partial charge in [-0.05, 0) is 12.1 Å². The zero-order chi connectivity index (χ0) is 9.71. The fourth-order valence-electron chi connectivity index (χ4n) is 1.78. The minimum absolute atomic E-state index is 0.0214. The van der Waals surface area contributed by atoms with Gasteiger partial charge in [0, 0.05) is 27.5 Å². The minimum atomic E-state index is -0.149. The first-order valence-electron chi connectivity index (χ1n) is 4.32. The smallest absolute Gasteiger partial charge is 0.251 e. The maximum atomic E-state index is 11.5. The molecule has 2 aliphatic heterocycles. The zero-order valence-corrected chi connectivity index (χ0v) is 8.76. The highest BCUT2D eigenvalue weighted by atomic mass is 79.9. The summed E-state index contributed by atoms with van der Waals surface area (Å²) in [4.78, 5) is 11.5. The van der Waals surface area contributed by atoms with Crippen LogP contribution >= 0.6 is 15.9 Å². The molecular weight excluding hydrogens is 244 g/mol. The average molecular weight is 251 g/mol. The molecule has 0 aliphatic carbocycles. The minimum Gasteiger partial charge on any atom is -0.376 e. The molecule has 0 saturated heterocycles. The van der Waals surface area contributed by atoms with E-state index in [4.69, 9.17) is 0 Å². The highest BCUT2D eigenvalue weighted by Crippen LogP contribution is 2.36.